The van der Waals surface area contributed by atoms with Crippen LogP contribution < -0.4 is 0 Å². The molecule has 20 heavy (non-hydrogen) atoms. The molecule has 0 aliphatic heterocycles. The molecule has 0 heterocycles. The Morgan fingerprint density at radius 2 is 1.25 bits per heavy atom. The Hall–Kier alpha value is -0.740. The highest BCUT2D eigenvalue weighted by molar-refractivity contribution is 9.09. The summed E-state index contributed by atoms with van der Waals surface area (Å²) in [6.07, 6.45) is 13.4. The Bertz CT molecular complexity index is 372. The van der Waals surface area contributed by atoms with Gasteiger partial charge in [0.15, 0.2) is 0 Å². The number of hydrogen-bond acceptors (Lipinski definition) is 0. The molecule has 0 aromatic heterocycles. The number of halogens is 1. The fraction of sp³-hybridized carbons (Fsp3) is 0.579. The van der Waals surface area contributed by atoms with Crippen LogP contribution in [0.3, 0.4) is 0 Å². The predicted octanol–water partition coefficient (Wildman–Crippen LogP) is 6.33. The van der Waals surface area contributed by atoms with Gasteiger partial charge in [-0.25, -0.2) is 0 Å². The van der Waals surface area contributed by atoms with Crippen LogP contribution in [0.5, 0.6) is 0 Å². The van der Waals surface area contributed by atoms with E-state index in [1.54, 1.807) is 0 Å². The van der Waals surface area contributed by atoms with Crippen LogP contribution in [-0.4, -0.2) is 5.33 Å². The van der Waals surface area contributed by atoms with Crippen molar-refractivity contribution in [3.63, 3.8) is 0 Å². The molecule has 1 heteroatoms. The maximum atomic E-state index is 3.48. The zero-order chi connectivity index (χ0) is 14.3. The molecule has 0 saturated heterocycles. The standard InChI is InChI=1S/C19H27Br/c20-18-14-9-7-5-3-1-2-4-6-8-11-15-19-16-12-10-13-17-19/h10,12-13,16-17H,1-9,14,18H2. The van der Waals surface area contributed by atoms with Crippen LogP contribution in [0.25, 0.3) is 0 Å². The maximum Gasteiger partial charge on any atom is 0.0245 e. The Balaban J connectivity index is 1.87. The largest absolute Gasteiger partial charge is 0.0979 e. The van der Waals surface area contributed by atoms with Crippen LogP contribution in [0.4, 0.5) is 0 Å². The molecule has 0 aliphatic carbocycles. The maximum absolute atomic E-state index is 3.48. The van der Waals surface area contributed by atoms with Crippen molar-refractivity contribution in [3.05, 3.63) is 35.9 Å². The van der Waals surface area contributed by atoms with Gasteiger partial charge in [-0.05, 0) is 25.0 Å². The van der Waals surface area contributed by atoms with Gasteiger partial charge in [-0.15, -0.1) is 0 Å². The number of rotatable bonds is 10. The minimum atomic E-state index is 1.04. The fourth-order valence-electron chi connectivity index (χ4n) is 2.23. The van der Waals surface area contributed by atoms with Gasteiger partial charge in [0.1, 0.15) is 0 Å². The normalized spacial score (nSPS) is 10.1. The third-order valence-electron chi connectivity index (χ3n) is 3.44. The second-order valence-electron chi connectivity index (χ2n) is 5.29. The van der Waals surface area contributed by atoms with Gasteiger partial charge >= 0.3 is 0 Å². The smallest absolute Gasteiger partial charge is 0.0245 e. The summed E-state index contributed by atoms with van der Waals surface area (Å²) in [5, 5.41) is 1.16. The third-order valence-corrected chi connectivity index (χ3v) is 4.00. The zero-order valence-corrected chi connectivity index (χ0v) is 14.1. The topological polar surface area (TPSA) is 0 Å². The van der Waals surface area contributed by atoms with Gasteiger partial charge in [0.05, 0.1) is 0 Å². The molecule has 0 amide bonds. The average molecular weight is 335 g/mol. The molecule has 0 N–H and O–H groups in total. The highest BCUT2D eigenvalue weighted by atomic mass is 79.9. The number of alkyl halides is 1. The second kappa shape index (κ2) is 13.3. The van der Waals surface area contributed by atoms with E-state index in [4.69, 9.17) is 0 Å². The van der Waals surface area contributed by atoms with Crippen molar-refractivity contribution in [2.45, 2.75) is 64.2 Å². The molecule has 110 valence electrons. The molecule has 0 unspecified atom stereocenters. The van der Waals surface area contributed by atoms with Crippen molar-refractivity contribution >= 4 is 15.9 Å². The minimum Gasteiger partial charge on any atom is -0.0979 e. The highest BCUT2D eigenvalue weighted by Crippen LogP contribution is 2.10. The Kier molecular flexibility index (Phi) is 11.5. The van der Waals surface area contributed by atoms with Crippen molar-refractivity contribution in [3.8, 4) is 11.8 Å². The van der Waals surface area contributed by atoms with Gasteiger partial charge in [0, 0.05) is 17.3 Å². The van der Waals surface area contributed by atoms with Gasteiger partial charge in [-0.1, -0.05) is 90.9 Å². The Labute approximate surface area is 133 Å². The zero-order valence-electron chi connectivity index (χ0n) is 12.5. The Morgan fingerprint density at radius 1 is 0.700 bits per heavy atom. The van der Waals surface area contributed by atoms with Crippen LogP contribution >= 0.6 is 15.9 Å². The van der Waals surface area contributed by atoms with Crippen LogP contribution in [0.2, 0.25) is 0 Å². The average Bonchev–Trinajstić information content (AvgIpc) is 2.49. The molecule has 0 nitrogen and oxygen atoms in total. The SMILES string of the molecule is BrCCCCCCCCCCCC#Cc1ccccc1. The first-order valence-corrected chi connectivity index (χ1v) is 9.15. The predicted molar refractivity (Wildman–Crippen MR) is 93.3 cm³/mol. The van der Waals surface area contributed by atoms with Crippen molar-refractivity contribution in [2.75, 3.05) is 5.33 Å². The van der Waals surface area contributed by atoms with Crippen molar-refractivity contribution in [1.29, 1.82) is 0 Å². The molecule has 0 fully saturated rings. The van der Waals surface area contributed by atoms with E-state index in [2.05, 4.69) is 39.9 Å². The summed E-state index contributed by atoms with van der Waals surface area (Å²) in [7, 11) is 0. The molecule has 0 spiro atoms. The summed E-state index contributed by atoms with van der Waals surface area (Å²) in [5.74, 6) is 6.49. The third kappa shape index (κ3) is 10.1. The van der Waals surface area contributed by atoms with Crippen molar-refractivity contribution < 1.29 is 0 Å². The van der Waals surface area contributed by atoms with E-state index in [1.165, 1.54) is 57.8 Å². The highest BCUT2D eigenvalue weighted by Gasteiger charge is 1.92. The lowest BCUT2D eigenvalue weighted by Gasteiger charge is -2.00. The minimum absolute atomic E-state index is 1.04. The van der Waals surface area contributed by atoms with Crippen LogP contribution in [0.15, 0.2) is 30.3 Å². The summed E-state index contributed by atoms with van der Waals surface area (Å²) < 4.78 is 0. The molecule has 0 radical (unpaired) electrons. The number of unbranched alkanes of at least 4 members (excludes halogenated alkanes) is 9. The van der Waals surface area contributed by atoms with Gasteiger partial charge in [0.2, 0.25) is 0 Å². The molecule has 1 aromatic rings. The number of benzene rings is 1. The van der Waals surface area contributed by atoms with E-state index in [0.717, 1.165) is 17.3 Å². The second-order valence-corrected chi connectivity index (χ2v) is 6.08. The van der Waals surface area contributed by atoms with Gasteiger partial charge in [0.25, 0.3) is 0 Å². The lowest BCUT2D eigenvalue weighted by Crippen LogP contribution is -1.82. The molecule has 1 rings (SSSR count). The first-order valence-electron chi connectivity index (χ1n) is 8.03. The molecule has 0 bridgehead atoms. The first kappa shape index (κ1) is 17.3. The molecular formula is C19H27Br. The van der Waals surface area contributed by atoms with E-state index >= 15 is 0 Å². The van der Waals surface area contributed by atoms with Crippen LogP contribution in [0, 0.1) is 11.8 Å². The van der Waals surface area contributed by atoms with E-state index in [9.17, 15) is 0 Å². The molecular weight excluding hydrogens is 308 g/mol. The number of hydrogen-bond donors (Lipinski definition) is 0. The monoisotopic (exact) mass is 334 g/mol. The quantitative estimate of drug-likeness (QED) is 0.266. The fourth-order valence-corrected chi connectivity index (χ4v) is 2.63. The summed E-state index contributed by atoms with van der Waals surface area (Å²) in [6, 6.07) is 10.3. The van der Waals surface area contributed by atoms with E-state index in [1.807, 2.05) is 18.2 Å². The lowest BCUT2D eigenvalue weighted by molar-refractivity contribution is 0.569. The van der Waals surface area contributed by atoms with E-state index in [-0.39, 0.29) is 0 Å². The summed E-state index contributed by atoms with van der Waals surface area (Å²) in [5.41, 5.74) is 1.14. The van der Waals surface area contributed by atoms with E-state index < -0.39 is 0 Å². The van der Waals surface area contributed by atoms with Gasteiger partial charge in [-0.3, -0.25) is 0 Å². The van der Waals surface area contributed by atoms with Crippen molar-refractivity contribution in [1.82, 2.24) is 0 Å². The van der Waals surface area contributed by atoms with Gasteiger partial charge < -0.3 is 0 Å². The van der Waals surface area contributed by atoms with Crippen LogP contribution in [-0.2, 0) is 0 Å². The summed E-state index contributed by atoms with van der Waals surface area (Å²) in [4.78, 5) is 0. The molecule has 0 atom stereocenters. The Morgan fingerprint density at radius 3 is 1.85 bits per heavy atom. The lowest BCUT2D eigenvalue weighted by atomic mass is 10.1. The first-order chi connectivity index (χ1) is 9.93. The molecule has 0 saturated carbocycles. The van der Waals surface area contributed by atoms with Crippen LogP contribution in [0.1, 0.15) is 69.8 Å². The molecule has 1 aromatic carbocycles. The van der Waals surface area contributed by atoms with Gasteiger partial charge in [-0.2, -0.15) is 0 Å². The summed E-state index contributed by atoms with van der Waals surface area (Å²) >= 11 is 3.48. The van der Waals surface area contributed by atoms with Crippen molar-refractivity contribution in [2.24, 2.45) is 0 Å². The van der Waals surface area contributed by atoms with E-state index in [0.29, 0.717) is 0 Å². The molecule has 0 aliphatic rings. The summed E-state index contributed by atoms with van der Waals surface area (Å²) in [6.45, 7) is 0.